The summed E-state index contributed by atoms with van der Waals surface area (Å²) in [6.07, 6.45) is 1.77. The van der Waals surface area contributed by atoms with E-state index in [2.05, 4.69) is 35.2 Å². The molecule has 0 spiro atoms. The molecule has 2 rings (SSSR count). The van der Waals surface area contributed by atoms with Crippen molar-refractivity contribution in [1.29, 1.82) is 0 Å². The minimum absolute atomic E-state index is 0.412. The zero-order chi connectivity index (χ0) is 10.8. The summed E-state index contributed by atoms with van der Waals surface area (Å²) in [6.45, 7) is 6.23. The van der Waals surface area contributed by atoms with Crippen molar-refractivity contribution in [2.75, 3.05) is 5.32 Å². The Bertz CT molecular complexity index is 477. The van der Waals surface area contributed by atoms with Crippen LogP contribution in [0.3, 0.4) is 0 Å². The van der Waals surface area contributed by atoms with Gasteiger partial charge in [0.1, 0.15) is 0 Å². The molecule has 0 aliphatic carbocycles. The molecule has 2 heterocycles. The van der Waals surface area contributed by atoms with Crippen LogP contribution in [0.15, 0.2) is 24.4 Å². The van der Waals surface area contributed by atoms with E-state index in [9.17, 15) is 0 Å². The molecule has 0 atom stereocenters. The predicted octanol–water partition coefficient (Wildman–Crippen LogP) is 2.76. The maximum absolute atomic E-state index is 4.39. The summed E-state index contributed by atoms with van der Waals surface area (Å²) in [7, 11) is 0. The lowest BCUT2D eigenvalue weighted by Gasteiger charge is -2.12. The summed E-state index contributed by atoms with van der Waals surface area (Å²) in [4.78, 5) is 8.65. The zero-order valence-electron chi connectivity index (χ0n) is 9.28. The summed E-state index contributed by atoms with van der Waals surface area (Å²) < 4.78 is 0. The molecule has 0 bridgehead atoms. The summed E-state index contributed by atoms with van der Waals surface area (Å²) >= 11 is 0. The fourth-order valence-electron chi connectivity index (χ4n) is 1.61. The minimum atomic E-state index is 0.412. The monoisotopic (exact) mass is 201 g/mol. The second kappa shape index (κ2) is 3.85. The van der Waals surface area contributed by atoms with Crippen molar-refractivity contribution >= 4 is 16.7 Å². The fourth-order valence-corrected chi connectivity index (χ4v) is 1.61. The third kappa shape index (κ3) is 2.06. The first-order valence-electron chi connectivity index (χ1n) is 5.16. The molecular formula is C12H15N3. The van der Waals surface area contributed by atoms with Crippen molar-refractivity contribution in [3.8, 4) is 0 Å². The van der Waals surface area contributed by atoms with Gasteiger partial charge in [0.2, 0.25) is 0 Å². The minimum Gasteiger partial charge on any atom is -0.382 e. The molecule has 3 nitrogen and oxygen atoms in total. The highest BCUT2D eigenvalue weighted by Crippen LogP contribution is 2.21. The van der Waals surface area contributed by atoms with E-state index in [1.54, 1.807) is 6.20 Å². The molecule has 0 fully saturated rings. The van der Waals surface area contributed by atoms with Crippen LogP contribution < -0.4 is 5.32 Å². The van der Waals surface area contributed by atoms with Crippen molar-refractivity contribution in [2.24, 2.45) is 0 Å². The molecule has 0 unspecified atom stereocenters. The molecule has 0 saturated carbocycles. The number of rotatable bonds is 2. The summed E-state index contributed by atoms with van der Waals surface area (Å²) in [6, 6.07) is 6.45. The van der Waals surface area contributed by atoms with Crippen molar-refractivity contribution < 1.29 is 0 Å². The van der Waals surface area contributed by atoms with Crippen molar-refractivity contribution in [3.63, 3.8) is 0 Å². The van der Waals surface area contributed by atoms with Crippen LogP contribution in [0.25, 0.3) is 11.0 Å². The van der Waals surface area contributed by atoms with Gasteiger partial charge in [-0.25, -0.2) is 9.97 Å². The van der Waals surface area contributed by atoms with E-state index in [0.29, 0.717) is 6.04 Å². The first kappa shape index (κ1) is 9.90. The normalized spacial score (nSPS) is 10.9. The molecule has 0 saturated heterocycles. The van der Waals surface area contributed by atoms with Crippen molar-refractivity contribution in [2.45, 2.75) is 26.8 Å². The molecule has 0 amide bonds. The molecule has 3 heteroatoms. The van der Waals surface area contributed by atoms with Gasteiger partial charge >= 0.3 is 0 Å². The number of anilines is 1. The maximum atomic E-state index is 4.39. The third-order valence-corrected chi connectivity index (χ3v) is 2.16. The lowest BCUT2D eigenvalue weighted by atomic mass is 10.2. The van der Waals surface area contributed by atoms with Gasteiger partial charge in [-0.2, -0.15) is 0 Å². The summed E-state index contributed by atoms with van der Waals surface area (Å²) in [5.41, 5.74) is 2.91. The van der Waals surface area contributed by atoms with E-state index in [1.165, 1.54) is 0 Å². The third-order valence-electron chi connectivity index (χ3n) is 2.16. The van der Waals surface area contributed by atoms with Crippen LogP contribution in [-0.4, -0.2) is 16.0 Å². The number of nitrogens with zero attached hydrogens (tertiary/aromatic N) is 2. The highest BCUT2D eigenvalue weighted by atomic mass is 14.9. The topological polar surface area (TPSA) is 37.8 Å². The molecular weight excluding hydrogens is 186 g/mol. The highest BCUT2D eigenvalue weighted by Gasteiger charge is 2.04. The Labute approximate surface area is 89.6 Å². The Morgan fingerprint density at radius 2 is 2.13 bits per heavy atom. The van der Waals surface area contributed by atoms with Crippen LogP contribution in [0, 0.1) is 6.92 Å². The fraction of sp³-hybridized carbons (Fsp3) is 0.333. The Hall–Kier alpha value is -1.64. The van der Waals surface area contributed by atoms with E-state index in [-0.39, 0.29) is 0 Å². The molecule has 2 aromatic rings. The zero-order valence-corrected chi connectivity index (χ0v) is 9.28. The Morgan fingerprint density at radius 3 is 2.87 bits per heavy atom. The van der Waals surface area contributed by atoms with E-state index in [0.717, 1.165) is 22.4 Å². The van der Waals surface area contributed by atoms with Crippen LogP contribution in [-0.2, 0) is 0 Å². The molecule has 1 N–H and O–H groups in total. The van der Waals surface area contributed by atoms with E-state index >= 15 is 0 Å². The van der Waals surface area contributed by atoms with Gasteiger partial charge < -0.3 is 5.32 Å². The number of nitrogens with one attached hydrogen (secondary N) is 1. The first-order chi connectivity index (χ1) is 7.16. The second-order valence-electron chi connectivity index (χ2n) is 3.98. The molecule has 0 aliphatic rings. The van der Waals surface area contributed by atoms with E-state index < -0.39 is 0 Å². The van der Waals surface area contributed by atoms with Gasteiger partial charge in [0.05, 0.1) is 0 Å². The predicted molar refractivity (Wildman–Crippen MR) is 63.0 cm³/mol. The SMILES string of the molecule is Cc1cc(NC(C)C)c2cccnc2n1. The standard InChI is InChI=1S/C12H15N3/c1-8(2)14-11-7-9(3)15-12-10(11)5-4-6-13-12/h4-8H,1-3H3,(H,13,14,15). The van der Waals surface area contributed by atoms with E-state index in [4.69, 9.17) is 0 Å². The van der Waals surface area contributed by atoms with Crippen LogP contribution in [0.2, 0.25) is 0 Å². The van der Waals surface area contributed by atoms with Gasteiger partial charge in [-0.3, -0.25) is 0 Å². The Balaban J connectivity index is 2.60. The van der Waals surface area contributed by atoms with Gasteiger partial charge in [-0.15, -0.1) is 0 Å². The van der Waals surface area contributed by atoms with Crippen LogP contribution in [0.1, 0.15) is 19.5 Å². The van der Waals surface area contributed by atoms with Crippen molar-refractivity contribution in [3.05, 3.63) is 30.1 Å². The van der Waals surface area contributed by atoms with Crippen molar-refractivity contribution in [1.82, 2.24) is 9.97 Å². The molecule has 0 radical (unpaired) electrons. The number of aromatic nitrogens is 2. The highest BCUT2D eigenvalue weighted by molar-refractivity contribution is 5.88. The second-order valence-corrected chi connectivity index (χ2v) is 3.98. The average Bonchev–Trinajstić information content (AvgIpc) is 2.16. The number of fused-ring (bicyclic) bond motifs is 1. The van der Waals surface area contributed by atoms with Gasteiger partial charge in [-0.1, -0.05) is 0 Å². The van der Waals surface area contributed by atoms with E-state index in [1.807, 2.05) is 19.1 Å². The molecule has 78 valence electrons. The van der Waals surface area contributed by atoms with Gasteiger partial charge in [0.25, 0.3) is 0 Å². The molecule has 0 aliphatic heterocycles. The van der Waals surface area contributed by atoms with Crippen LogP contribution >= 0.6 is 0 Å². The van der Waals surface area contributed by atoms with Crippen LogP contribution in [0.4, 0.5) is 5.69 Å². The Morgan fingerprint density at radius 1 is 1.33 bits per heavy atom. The lowest BCUT2D eigenvalue weighted by Crippen LogP contribution is -2.10. The maximum Gasteiger partial charge on any atom is 0.161 e. The number of hydrogen-bond acceptors (Lipinski definition) is 3. The molecule has 2 aromatic heterocycles. The lowest BCUT2D eigenvalue weighted by molar-refractivity contribution is 0.900. The quantitative estimate of drug-likeness (QED) is 0.811. The summed E-state index contributed by atoms with van der Waals surface area (Å²) in [5.74, 6) is 0. The number of hydrogen-bond donors (Lipinski definition) is 1. The smallest absolute Gasteiger partial charge is 0.161 e. The number of pyridine rings is 2. The van der Waals surface area contributed by atoms with Gasteiger partial charge in [-0.05, 0) is 39.0 Å². The number of aryl methyl sites for hydroxylation is 1. The van der Waals surface area contributed by atoms with Gasteiger partial charge in [0, 0.05) is 29.0 Å². The molecule has 15 heavy (non-hydrogen) atoms. The van der Waals surface area contributed by atoms with Crippen LogP contribution in [0.5, 0.6) is 0 Å². The largest absolute Gasteiger partial charge is 0.382 e. The van der Waals surface area contributed by atoms with Gasteiger partial charge in [0.15, 0.2) is 5.65 Å². The Kier molecular flexibility index (Phi) is 2.54. The molecule has 0 aromatic carbocycles. The summed E-state index contributed by atoms with van der Waals surface area (Å²) in [5, 5.41) is 4.49. The average molecular weight is 201 g/mol. The first-order valence-corrected chi connectivity index (χ1v) is 5.16.